The quantitative estimate of drug-likeness (QED) is 0.769. The smallest absolute Gasteiger partial charge is 0.358 e. The van der Waals surface area contributed by atoms with Crippen LogP contribution in [0.5, 0.6) is 0 Å². The van der Waals surface area contributed by atoms with E-state index in [1.807, 2.05) is 17.8 Å². The number of fused-ring (bicyclic) bond motifs is 1. The Bertz CT molecular complexity index is 788. The van der Waals surface area contributed by atoms with Crippen LogP contribution in [0.3, 0.4) is 0 Å². The first-order valence-corrected chi connectivity index (χ1v) is 5.51. The molecule has 0 fully saturated rings. The van der Waals surface area contributed by atoms with E-state index in [-0.39, 0.29) is 17.0 Å². The van der Waals surface area contributed by atoms with Crippen LogP contribution in [0.4, 0.5) is 4.39 Å². The van der Waals surface area contributed by atoms with Gasteiger partial charge in [-0.3, -0.25) is 0 Å². The van der Waals surface area contributed by atoms with Crippen LogP contribution in [-0.4, -0.2) is 20.8 Å². The fraction of sp³-hybridized carbons (Fsp3) is 0.0769. The van der Waals surface area contributed by atoms with Gasteiger partial charge in [0.05, 0.1) is 5.56 Å². The van der Waals surface area contributed by atoms with Crippen LogP contribution < -0.4 is 0 Å². The highest BCUT2D eigenvalue weighted by Crippen LogP contribution is 2.28. The first-order valence-electron chi connectivity index (χ1n) is 5.51. The molecule has 0 saturated heterocycles. The van der Waals surface area contributed by atoms with Crippen molar-refractivity contribution in [2.75, 3.05) is 0 Å². The zero-order valence-electron chi connectivity index (χ0n) is 9.92. The minimum Gasteiger partial charge on any atom is -0.476 e. The number of carbonyl (C=O) groups is 1. The van der Waals surface area contributed by atoms with Crippen molar-refractivity contribution < 1.29 is 18.8 Å². The second-order valence-electron chi connectivity index (χ2n) is 4.20. The summed E-state index contributed by atoms with van der Waals surface area (Å²) in [4.78, 5) is 10.7. The van der Waals surface area contributed by atoms with Crippen molar-refractivity contribution in [3.63, 3.8) is 0 Å². The van der Waals surface area contributed by atoms with Gasteiger partial charge in [0, 0.05) is 30.2 Å². The van der Waals surface area contributed by atoms with Crippen molar-refractivity contribution in [1.29, 1.82) is 0 Å². The van der Waals surface area contributed by atoms with Gasteiger partial charge in [0.25, 0.3) is 0 Å². The van der Waals surface area contributed by atoms with E-state index in [1.54, 1.807) is 12.1 Å². The Morgan fingerprint density at radius 2 is 2.21 bits per heavy atom. The van der Waals surface area contributed by atoms with E-state index in [0.717, 1.165) is 10.9 Å². The Hall–Kier alpha value is -2.63. The lowest BCUT2D eigenvalue weighted by molar-refractivity contribution is 0.0686. The van der Waals surface area contributed by atoms with Gasteiger partial charge in [-0.25, -0.2) is 9.18 Å². The summed E-state index contributed by atoms with van der Waals surface area (Å²) in [5.74, 6) is -1.60. The van der Waals surface area contributed by atoms with Gasteiger partial charge in [-0.15, -0.1) is 0 Å². The fourth-order valence-corrected chi connectivity index (χ4v) is 1.98. The normalized spacial score (nSPS) is 11.1. The topological polar surface area (TPSA) is 68.3 Å². The summed E-state index contributed by atoms with van der Waals surface area (Å²) < 4.78 is 20.7. The number of hydrogen-bond acceptors (Lipinski definition) is 3. The lowest BCUT2D eigenvalue weighted by Crippen LogP contribution is -1.94. The summed E-state index contributed by atoms with van der Waals surface area (Å²) in [6, 6.07) is 5.99. The summed E-state index contributed by atoms with van der Waals surface area (Å²) in [7, 11) is 1.84. The number of carboxylic acid groups (broad SMARTS) is 1. The molecule has 0 unspecified atom stereocenters. The van der Waals surface area contributed by atoms with Crippen molar-refractivity contribution in [2.24, 2.45) is 7.05 Å². The molecule has 3 aromatic rings. The zero-order valence-corrected chi connectivity index (χ0v) is 9.92. The van der Waals surface area contributed by atoms with Crippen molar-refractivity contribution in [2.45, 2.75) is 0 Å². The van der Waals surface area contributed by atoms with E-state index < -0.39 is 11.8 Å². The molecule has 0 aliphatic rings. The van der Waals surface area contributed by atoms with Gasteiger partial charge in [-0.2, -0.15) is 0 Å². The molecular formula is C13H9FN2O3. The number of nitrogens with zero attached hydrogens (tertiary/aromatic N) is 2. The number of aryl methyl sites for hydroxylation is 1. The largest absolute Gasteiger partial charge is 0.476 e. The van der Waals surface area contributed by atoms with Gasteiger partial charge in [0.1, 0.15) is 5.82 Å². The third kappa shape index (κ3) is 1.77. The zero-order chi connectivity index (χ0) is 13.6. The molecule has 0 bridgehead atoms. The van der Waals surface area contributed by atoms with Crippen LogP contribution in [0, 0.1) is 5.82 Å². The van der Waals surface area contributed by atoms with Gasteiger partial charge in [0.2, 0.25) is 0 Å². The van der Waals surface area contributed by atoms with Gasteiger partial charge in [0.15, 0.2) is 11.5 Å². The number of halogens is 1. The van der Waals surface area contributed by atoms with Gasteiger partial charge >= 0.3 is 5.97 Å². The summed E-state index contributed by atoms with van der Waals surface area (Å²) in [6.07, 6.45) is 1.82. The first-order chi connectivity index (χ1) is 9.06. The molecule has 5 nitrogen and oxygen atoms in total. The predicted molar refractivity (Wildman–Crippen MR) is 65.3 cm³/mol. The molecule has 0 amide bonds. The average molecular weight is 260 g/mol. The van der Waals surface area contributed by atoms with Gasteiger partial charge in [-0.1, -0.05) is 5.16 Å². The number of aromatic nitrogens is 2. The standard InChI is InChI=1S/C13H9FN2O3/c1-16-3-2-7-4-9(14)8(5-11(7)16)12-6-10(13(17)18)15-19-12/h2-6H,1H3,(H,17,18). The molecular weight excluding hydrogens is 251 g/mol. The maximum absolute atomic E-state index is 14.0. The minimum absolute atomic E-state index is 0.0954. The lowest BCUT2D eigenvalue weighted by atomic mass is 10.1. The Morgan fingerprint density at radius 1 is 1.42 bits per heavy atom. The third-order valence-electron chi connectivity index (χ3n) is 2.97. The maximum Gasteiger partial charge on any atom is 0.358 e. The fourth-order valence-electron chi connectivity index (χ4n) is 1.98. The Balaban J connectivity index is 2.20. The van der Waals surface area contributed by atoms with Crippen molar-refractivity contribution >= 4 is 16.9 Å². The monoisotopic (exact) mass is 260 g/mol. The van der Waals surface area contributed by atoms with Crippen LogP contribution in [0.1, 0.15) is 10.5 Å². The predicted octanol–water partition coefficient (Wildman–Crippen LogP) is 2.67. The molecule has 0 aliphatic carbocycles. The highest BCUT2D eigenvalue weighted by atomic mass is 19.1. The summed E-state index contributed by atoms with van der Waals surface area (Å²) in [5, 5.41) is 12.9. The maximum atomic E-state index is 14.0. The SMILES string of the molecule is Cn1ccc2cc(F)c(-c3cc(C(=O)O)no3)cc21. The molecule has 19 heavy (non-hydrogen) atoms. The number of rotatable bonds is 2. The van der Waals surface area contributed by atoms with Crippen LogP contribution in [0.2, 0.25) is 0 Å². The average Bonchev–Trinajstić information content (AvgIpc) is 2.96. The van der Waals surface area contributed by atoms with E-state index in [9.17, 15) is 9.18 Å². The molecule has 0 atom stereocenters. The molecule has 96 valence electrons. The highest BCUT2D eigenvalue weighted by Gasteiger charge is 2.16. The minimum atomic E-state index is -1.21. The second-order valence-corrected chi connectivity index (χ2v) is 4.20. The van der Waals surface area contributed by atoms with Crippen LogP contribution in [0.25, 0.3) is 22.2 Å². The van der Waals surface area contributed by atoms with E-state index in [4.69, 9.17) is 9.63 Å². The molecule has 1 aromatic carbocycles. The molecule has 0 saturated carbocycles. The Morgan fingerprint density at radius 3 is 2.89 bits per heavy atom. The van der Waals surface area contributed by atoms with Crippen molar-refractivity contribution in [1.82, 2.24) is 9.72 Å². The van der Waals surface area contributed by atoms with Crippen molar-refractivity contribution in [3.8, 4) is 11.3 Å². The first kappa shape index (κ1) is 11.5. The van der Waals surface area contributed by atoms with Crippen molar-refractivity contribution in [3.05, 3.63) is 42.0 Å². The van der Waals surface area contributed by atoms with Crippen LogP contribution in [0.15, 0.2) is 35.0 Å². The third-order valence-corrected chi connectivity index (χ3v) is 2.97. The number of hydrogen-bond donors (Lipinski definition) is 1. The lowest BCUT2D eigenvalue weighted by Gasteiger charge is -2.01. The molecule has 0 aliphatic heterocycles. The molecule has 1 N–H and O–H groups in total. The molecule has 0 radical (unpaired) electrons. The molecule has 2 aromatic heterocycles. The Labute approximate surface area is 106 Å². The molecule has 0 spiro atoms. The summed E-state index contributed by atoms with van der Waals surface area (Å²) in [5.41, 5.74) is 0.764. The van der Waals surface area contributed by atoms with Gasteiger partial charge < -0.3 is 14.2 Å². The molecule has 2 heterocycles. The number of benzene rings is 1. The van der Waals surface area contributed by atoms with Crippen LogP contribution in [-0.2, 0) is 7.05 Å². The van der Waals surface area contributed by atoms with E-state index in [1.165, 1.54) is 12.1 Å². The van der Waals surface area contributed by atoms with E-state index >= 15 is 0 Å². The van der Waals surface area contributed by atoms with E-state index in [2.05, 4.69) is 5.16 Å². The summed E-state index contributed by atoms with van der Waals surface area (Å²) in [6.45, 7) is 0. The number of carboxylic acids is 1. The van der Waals surface area contributed by atoms with Crippen LogP contribution >= 0.6 is 0 Å². The highest BCUT2D eigenvalue weighted by molar-refractivity contribution is 5.88. The molecule has 3 rings (SSSR count). The Kier molecular flexibility index (Phi) is 2.38. The second kappa shape index (κ2) is 3.94. The molecule has 6 heteroatoms. The number of aromatic carboxylic acids is 1. The van der Waals surface area contributed by atoms with Gasteiger partial charge in [-0.05, 0) is 18.2 Å². The summed E-state index contributed by atoms with van der Waals surface area (Å²) >= 11 is 0. The van der Waals surface area contributed by atoms with E-state index in [0.29, 0.717) is 0 Å².